The number of hydrogen-bond acceptors (Lipinski definition) is 3. The summed E-state index contributed by atoms with van der Waals surface area (Å²) in [5.41, 5.74) is 3.08. The molecule has 0 radical (unpaired) electrons. The van der Waals surface area contributed by atoms with Gasteiger partial charge in [0.1, 0.15) is 18.4 Å². The zero-order chi connectivity index (χ0) is 18.4. The quantitative estimate of drug-likeness (QED) is 0.881. The number of nitrogens with zero attached hydrogens (tertiary/aromatic N) is 2. The van der Waals surface area contributed by atoms with Crippen LogP contribution < -0.4 is 9.64 Å². The lowest BCUT2D eigenvalue weighted by atomic mass is 10.1. The molecule has 3 rings (SSSR count). The Bertz CT molecular complexity index is 805. The van der Waals surface area contributed by atoms with Crippen LogP contribution in [0.2, 0.25) is 0 Å². The molecule has 1 aliphatic heterocycles. The number of nitrogens with one attached hydrogen (secondary N) is 1. The highest BCUT2D eigenvalue weighted by atomic mass is 16.5. The lowest BCUT2D eigenvalue weighted by molar-refractivity contribution is -0.917. The van der Waals surface area contributed by atoms with Gasteiger partial charge < -0.3 is 14.5 Å². The SMILES string of the molecule is Cc1cccc(C[NH+]2CCN(C(=O)COc3ccccc3C#N)CC2)c1. The average molecular weight is 350 g/mol. The molecule has 0 aliphatic carbocycles. The van der Waals surface area contributed by atoms with Crippen molar-refractivity contribution in [3.63, 3.8) is 0 Å². The third-order valence-corrected chi connectivity index (χ3v) is 4.72. The number of quaternary nitrogens is 1. The fourth-order valence-electron chi connectivity index (χ4n) is 3.28. The highest BCUT2D eigenvalue weighted by Crippen LogP contribution is 2.16. The number of carbonyl (C=O) groups excluding carboxylic acids is 1. The van der Waals surface area contributed by atoms with Gasteiger partial charge in [-0.3, -0.25) is 4.79 Å². The van der Waals surface area contributed by atoms with Gasteiger partial charge in [0.2, 0.25) is 0 Å². The van der Waals surface area contributed by atoms with E-state index in [-0.39, 0.29) is 12.5 Å². The molecule has 0 saturated carbocycles. The van der Waals surface area contributed by atoms with Gasteiger partial charge >= 0.3 is 0 Å². The van der Waals surface area contributed by atoms with Gasteiger partial charge in [0, 0.05) is 5.56 Å². The number of para-hydroxylation sites is 1. The second-order valence-electron chi connectivity index (χ2n) is 6.69. The first-order valence-electron chi connectivity index (χ1n) is 8.94. The smallest absolute Gasteiger partial charge is 0.260 e. The van der Waals surface area contributed by atoms with Crippen LogP contribution in [-0.4, -0.2) is 43.6 Å². The van der Waals surface area contributed by atoms with Crippen molar-refractivity contribution >= 4 is 5.91 Å². The van der Waals surface area contributed by atoms with Crippen molar-refractivity contribution in [2.45, 2.75) is 13.5 Å². The van der Waals surface area contributed by atoms with Crippen LogP contribution in [0.25, 0.3) is 0 Å². The number of hydrogen-bond donors (Lipinski definition) is 1. The number of nitriles is 1. The Kier molecular flexibility index (Phi) is 5.88. The van der Waals surface area contributed by atoms with Crippen molar-refractivity contribution < 1.29 is 14.4 Å². The molecular weight excluding hydrogens is 326 g/mol. The molecule has 26 heavy (non-hydrogen) atoms. The molecule has 2 aromatic carbocycles. The molecule has 0 unspecified atom stereocenters. The summed E-state index contributed by atoms with van der Waals surface area (Å²) < 4.78 is 5.56. The lowest BCUT2D eigenvalue weighted by Gasteiger charge is -2.32. The molecule has 1 N–H and O–H groups in total. The molecule has 134 valence electrons. The summed E-state index contributed by atoms with van der Waals surface area (Å²) in [5.74, 6) is 0.444. The van der Waals surface area contributed by atoms with Gasteiger partial charge in [-0.1, -0.05) is 42.0 Å². The Labute approximate surface area is 154 Å². The summed E-state index contributed by atoms with van der Waals surface area (Å²) in [5, 5.41) is 9.07. The molecule has 0 spiro atoms. The summed E-state index contributed by atoms with van der Waals surface area (Å²) in [6.45, 7) is 6.44. The molecule has 0 aromatic heterocycles. The molecule has 5 heteroatoms. The maximum atomic E-state index is 12.4. The minimum atomic E-state index is -0.0219. The fourth-order valence-corrected chi connectivity index (χ4v) is 3.28. The van der Waals surface area contributed by atoms with Crippen LogP contribution in [0.1, 0.15) is 16.7 Å². The number of piperazine rings is 1. The monoisotopic (exact) mass is 350 g/mol. The van der Waals surface area contributed by atoms with Crippen LogP contribution >= 0.6 is 0 Å². The Morgan fingerprint density at radius 1 is 1.19 bits per heavy atom. The number of rotatable bonds is 5. The fraction of sp³-hybridized carbons (Fsp3) is 0.333. The molecule has 5 nitrogen and oxygen atoms in total. The van der Waals surface area contributed by atoms with Crippen LogP contribution in [0.15, 0.2) is 48.5 Å². The molecule has 1 amide bonds. The number of benzene rings is 2. The average Bonchev–Trinajstić information content (AvgIpc) is 2.67. The van der Waals surface area contributed by atoms with E-state index in [2.05, 4.69) is 37.3 Å². The number of amides is 1. The predicted octanol–water partition coefficient (Wildman–Crippen LogP) is 1.17. The predicted molar refractivity (Wildman–Crippen MR) is 98.8 cm³/mol. The molecule has 2 aromatic rings. The molecular formula is C21H24N3O2+. The summed E-state index contributed by atoms with van der Waals surface area (Å²) in [4.78, 5) is 15.7. The Morgan fingerprint density at radius 3 is 2.69 bits per heavy atom. The third-order valence-electron chi connectivity index (χ3n) is 4.72. The zero-order valence-corrected chi connectivity index (χ0v) is 15.1. The summed E-state index contributed by atoms with van der Waals surface area (Å²) >= 11 is 0. The van der Waals surface area contributed by atoms with E-state index >= 15 is 0 Å². The summed E-state index contributed by atoms with van der Waals surface area (Å²) in [6, 6.07) is 17.7. The van der Waals surface area contributed by atoms with Crippen LogP contribution in [0.3, 0.4) is 0 Å². The van der Waals surface area contributed by atoms with E-state index in [4.69, 9.17) is 10.00 Å². The third kappa shape index (κ3) is 4.62. The summed E-state index contributed by atoms with van der Waals surface area (Å²) in [6.07, 6.45) is 0. The van der Waals surface area contributed by atoms with Crippen molar-refractivity contribution in [2.24, 2.45) is 0 Å². The van der Waals surface area contributed by atoms with E-state index in [0.29, 0.717) is 11.3 Å². The van der Waals surface area contributed by atoms with Crippen molar-refractivity contribution in [3.05, 3.63) is 65.2 Å². The highest BCUT2D eigenvalue weighted by Gasteiger charge is 2.24. The van der Waals surface area contributed by atoms with Gasteiger partial charge in [0.15, 0.2) is 6.61 Å². The molecule has 1 fully saturated rings. The van der Waals surface area contributed by atoms with Crippen molar-refractivity contribution in [2.75, 3.05) is 32.8 Å². The van der Waals surface area contributed by atoms with Crippen molar-refractivity contribution in [1.29, 1.82) is 5.26 Å². The first-order valence-corrected chi connectivity index (χ1v) is 8.94. The van der Waals surface area contributed by atoms with E-state index in [0.717, 1.165) is 32.7 Å². The number of ether oxygens (including phenoxy) is 1. The first-order chi connectivity index (χ1) is 12.7. The maximum Gasteiger partial charge on any atom is 0.260 e. The minimum absolute atomic E-state index is 0.0210. The highest BCUT2D eigenvalue weighted by molar-refractivity contribution is 5.77. The largest absolute Gasteiger partial charge is 0.482 e. The zero-order valence-electron chi connectivity index (χ0n) is 15.1. The van der Waals surface area contributed by atoms with E-state index in [1.807, 2.05) is 4.90 Å². The Morgan fingerprint density at radius 2 is 1.96 bits per heavy atom. The topological polar surface area (TPSA) is 57.8 Å². The number of carbonyl (C=O) groups is 1. The van der Waals surface area contributed by atoms with E-state index in [1.54, 1.807) is 24.3 Å². The van der Waals surface area contributed by atoms with E-state index < -0.39 is 0 Å². The first kappa shape index (κ1) is 18.0. The second kappa shape index (κ2) is 8.50. The van der Waals surface area contributed by atoms with Gasteiger partial charge in [-0.2, -0.15) is 5.26 Å². The number of aryl methyl sites for hydroxylation is 1. The lowest BCUT2D eigenvalue weighted by Crippen LogP contribution is -3.13. The standard InChI is InChI=1S/C21H23N3O2/c1-17-5-4-6-18(13-17)15-23-9-11-24(12-10-23)21(25)16-26-20-8-3-2-7-19(20)14-22/h2-8,13H,9-12,15-16H2,1H3/p+1. The van der Waals surface area contributed by atoms with Gasteiger partial charge in [-0.15, -0.1) is 0 Å². The second-order valence-corrected chi connectivity index (χ2v) is 6.69. The normalized spacial score (nSPS) is 14.7. The van der Waals surface area contributed by atoms with Gasteiger partial charge in [-0.25, -0.2) is 0 Å². The molecule has 0 bridgehead atoms. The van der Waals surface area contributed by atoms with E-state index in [9.17, 15) is 4.79 Å². The summed E-state index contributed by atoms with van der Waals surface area (Å²) in [7, 11) is 0. The van der Waals surface area contributed by atoms with Gasteiger partial charge in [-0.05, 0) is 19.1 Å². The molecule has 0 atom stereocenters. The van der Waals surface area contributed by atoms with Gasteiger partial charge in [0.25, 0.3) is 5.91 Å². The van der Waals surface area contributed by atoms with Crippen LogP contribution in [0, 0.1) is 18.3 Å². The molecule has 1 saturated heterocycles. The van der Waals surface area contributed by atoms with Crippen LogP contribution in [0.5, 0.6) is 5.75 Å². The van der Waals surface area contributed by atoms with Crippen molar-refractivity contribution in [3.8, 4) is 11.8 Å². The van der Waals surface area contributed by atoms with Gasteiger partial charge in [0.05, 0.1) is 31.7 Å². The maximum absolute atomic E-state index is 12.4. The van der Waals surface area contributed by atoms with Crippen LogP contribution in [-0.2, 0) is 11.3 Å². The van der Waals surface area contributed by atoms with Crippen LogP contribution in [0.4, 0.5) is 0 Å². The minimum Gasteiger partial charge on any atom is -0.482 e. The van der Waals surface area contributed by atoms with E-state index in [1.165, 1.54) is 16.0 Å². The Hall–Kier alpha value is -2.84. The molecule has 1 aliphatic rings. The molecule has 1 heterocycles. The van der Waals surface area contributed by atoms with Crippen molar-refractivity contribution in [1.82, 2.24) is 4.90 Å². The Balaban J connectivity index is 1.47.